The van der Waals surface area contributed by atoms with Crippen molar-refractivity contribution in [2.45, 2.75) is 112 Å². The summed E-state index contributed by atoms with van der Waals surface area (Å²) >= 11 is 0. The van der Waals surface area contributed by atoms with Gasteiger partial charge in [0.25, 0.3) is 0 Å². The molecule has 0 aliphatic rings. The van der Waals surface area contributed by atoms with Gasteiger partial charge in [-0.3, -0.25) is 14.2 Å². The van der Waals surface area contributed by atoms with E-state index >= 15 is 0 Å². The molecule has 0 aromatic carbocycles. The molecule has 0 saturated carbocycles. The maximum Gasteiger partial charge on any atom is 0.326 e. The normalized spacial score (nSPS) is 13.6. The predicted molar refractivity (Wildman–Crippen MR) is 169 cm³/mol. The number of carbonyl (C=O) groups is 2. The van der Waals surface area contributed by atoms with Crippen LogP contribution in [0.25, 0.3) is 11.2 Å². The molecule has 2 aromatic heterocycles. The van der Waals surface area contributed by atoms with Crippen LogP contribution in [-0.4, -0.2) is 63.2 Å². The third-order valence-corrected chi connectivity index (χ3v) is 10.0. The number of nitrogens with one attached hydrogen (secondary N) is 2. The van der Waals surface area contributed by atoms with E-state index in [1.807, 2.05) is 34.6 Å². The van der Waals surface area contributed by atoms with Gasteiger partial charge in [-0.15, -0.1) is 0 Å². The van der Waals surface area contributed by atoms with Crippen molar-refractivity contribution in [3.63, 3.8) is 0 Å². The first-order valence-electron chi connectivity index (χ1n) is 15.3. The summed E-state index contributed by atoms with van der Waals surface area (Å²) in [4.78, 5) is 35.0. The Hall–Kier alpha value is -2.53. The van der Waals surface area contributed by atoms with Crippen molar-refractivity contribution in [2.75, 3.05) is 25.3 Å². The van der Waals surface area contributed by atoms with Gasteiger partial charge in [0, 0.05) is 6.20 Å². The minimum absolute atomic E-state index is 0.238. The molecular formula is C30H53N6O6P. The van der Waals surface area contributed by atoms with Gasteiger partial charge < -0.3 is 24.5 Å². The number of nitrogen functional groups attached to an aromatic ring is 1. The van der Waals surface area contributed by atoms with E-state index in [2.05, 4.69) is 20.1 Å². The molecule has 0 unspecified atom stereocenters. The van der Waals surface area contributed by atoms with Gasteiger partial charge in [0.1, 0.15) is 22.9 Å². The second-order valence-corrected chi connectivity index (χ2v) is 14.5. The van der Waals surface area contributed by atoms with Gasteiger partial charge >= 0.3 is 11.9 Å². The third kappa shape index (κ3) is 10.6. The second-order valence-electron chi connectivity index (χ2n) is 12.4. The quantitative estimate of drug-likeness (QED) is 0.138. The average Bonchev–Trinajstić information content (AvgIpc) is 3.36. The zero-order valence-corrected chi connectivity index (χ0v) is 28.3. The predicted octanol–water partition coefficient (Wildman–Crippen LogP) is 5.26. The summed E-state index contributed by atoms with van der Waals surface area (Å²) in [5.74, 6) is -0.613. The van der Waals surface area contributed by atoms with Gasteiger partial charge in [-0.2, -0.15) is 0 Å². The first-order chi connectivity index (χ1) is 20.1. The van der Waals surface area contributed by atoms with Gasteiger partial charge in [0.2, 0.25) is 7.44 Å². The van der Waals surface area contributed by atoms with Crippen molar-refractivity contribution in [3.8, 4) is 0 Å². The SMILES string of the molecule is CCC(CC)COC(=O)C(C)(C)NP(=O)(CO[C@H](C)Cn1cnc2c(N)ccnc21)NC(C)(C)C(=O)OCC(CC)CC. The Labute approximate surface area is 256 Å². The molecule has 2 aromatic rings. The number of imidazole rings is 1. The fourth-order valence-corrected chi connectivity index (χ4v) is 7.20. The van der Waals surface area contributed by atoms with E-state index in [1.54, 1.807) is 50.9 Å². The number of hydrogen-bond donors (Lipinski definition) is 3. The molecule has 1 atom stereocenters. The number of anilines is 1. The van der Waals surface area contributed by atoms with E-state index in [4.69, 9.17) is 19.9 Å². The van der Waals surface area contributed by atoms with Crippen LogP contribution in [0.3, 0.4) is 0 Å². The topological polar surface area (TPSA) is 160 Å². The van der Waals surface area contributed by atoms with Gasteiger partial charge in [0.15, 0.2) is 5.65 Å². The fraction of sp³-hybridized carbons (Fsp3) is 0.733. The number of esters is 2. The molecular weight excluding hydrogens is 571 g/mol. The van der Waals surface area contributed by atoms with Crippen LogP contribution < -0.4 is 15.9 Å². The van der Waals surface area contributed by atoms with E-state index in [0.29, 0.717) is 23.4 Å². The summed E-state index contributed by atoms with van der Waals surface area (Å²) in [6.07, 6.45) is 6.00. The first-order valence-corrected chi connectivity index (χ1v) is 17.2. The molecule has 0 saturated heterocycles. The minimum atomic E-state index is -3.78. The molecule has 2 rings (SSSR count). The summed E-state index contributed by atoms with van der Waals surface area (Å²) in [5, 5.41) is 5.94. The maximum absolute atomic E-state index is 14.5. The highest BCUT2D eigenvalue weighted by molar-refractivity contribution is 7.59. The first kappa shape index (κ1) is 36.7. The number of ether oxygens (including phenoxy) is 3. The molecule has 0 aliphatic carbocycles. The van der Waals surface area contributed by atoms with Crippen LogP contribution in [0.1, 0.15) is 88.0 Å². The largest absolute Gasteiger partial charge is 0.464 e. The van der Waals surface area contributed by atoms with Crippen molar-refractivity contribution >= 4 is 36.2 Å². The smallest absolute Gasteiger partial charge is 0.326 e. The lowest BCUT2D eigenvalue weighted by atomic mass is 10.0. The second kappa shape index (κ2) is 16.0. The van der Waals surface area contributed by atoms with Gasteiger partial charge in [0.05, 0.1) is 37.9 Å². The molecule has 0 radical (unpaired) electrons. The minimum Gasteiger partial charge on any atom is -0.464 e. The number of nitrogens with zero attached hydrogens (tertiary/aromatic N) is 3. The van der Waals surface area contributed by atoms with Crippen molar-refractivity contribution in [2.24, 2.45) is 11.8 Å². The third-order valence-electron chi connectivity index (χ3n) is 7.68. The lowest BCUT2D eigenvalue weighted by Gasteiger charge is -2.35. The average molecular weight is 625 g/mol. The van der Waals surface area contributed by atoms with Crippen LogP contribution in [0.15, 0.2) is 18.6 Å². The Kier molecular flexibility index (Phi) is 13.6. The summed E-state index contributed by atoms with van der Waals surface area (Å²) < 4.78 is 33.6. The van der Waals surface area contributed by atoms with E-state index in [9.17, 15) is 14.2 Å². The molecule has 0 aliphatic heterocycles. The molecule has 2 heterocycles. The van der Waals surface area contributed by atoms with Crippen molar-refractivity contribution in [3.05, 3.63) is 18.6 Å². The number of fused-ring (bicyclic) bond motifs is 1. The Balaban J connectivity index is 2.23. The molecule has 0 fully saturated rings. The maximum atomic E-state index is 14.5. The molecule has 0 spiro atoms. The van der Waals surface area contributed by atoms with E-state index < -0.39 is 36.6 Å². The van der Waals surface area contributed by atoms with Crippen molar-refractivity contribution < 1.29 is 28.4 Å². The number of rotatable bonds is 19. The van der Waals surface area contributed by atoms with E-state index in [0.717, 1.165) is 25.7 Å². The molecule has 13 heteroatoms. The summed E-state index contributed by atoms with van der Waals surface area (Å²) in [6, 6.07) is 1.68. The van der Waals surface area contributed by atoms with Crippen LogP contribution in [0.4, 0.5) is 5.69 Å². The fourth-order valence-electron chi connectivity index (χ4n) is 4.56. The molecule has 4 N–H and O–H groups in total. The summed E-state index contributed by atoms with van der Waals surface area (Å²) in [5.41, 5.74) is 5.03. The van der Waals surface area contributed by atoms with Gasteiger partial charge in [-0.05, 0) is 52.5 Å². The van der Waals surface area contributed by atoms with Crippen LogP contribution >= 0.6 is 7.44 Å². The Morgan fingerprint density at radius 2 is 1.42 bits per heavy atom. The number of nitrogens with two attached hydrogens (primary N) is 1. The lowest BCUT2D eigenvalue weighted by Crippen LogP contribution is -2.54. The lowest BCUT2D eigenvalue weighted by molar-refractivity contribution is -0.151. The Morgan fingerprint density at radius 3 is 1.88 bits per heavy atom. The zero-order valence-electron chi connectivity index (χ0n) is 27.4. The number of pyridine rings is 1. The van der Waals surface area contributed by atoms with Crippen LogP contribution in [0, 0.1) is 11.8 Å². The zero-order chi connectivity index (χ0) is 32.4. The van der Waals surface area contributed by atoms with Crippen LogP contribution in [-0.2, 0) is 34.9 Å². The monoisotopic (exact) mass is 624 g/mol. The molecule has 0 bridgehead atoms. The van der Waals surface area contributed by atoms with E-state index in [1.165, 1.54) is 0 Å². The Morgan fingerprint density at radius 1 is 0.930 bits per heavy atom. The summed E-state index contributed by atoms with van der Waals surface area (Å²) in [7, 11) is -3.78. The Bertz CT molecular complexity index is 1190. The van der Waals surface area contributed by atoms with Crippen molar-refractivity contribution in [1.82, 2.24) is 24.7 Å². The van der Waals surface area contributed by atoms with E-state index in [-0.39, 0.29) is 31.4 Å². The van der Waals surface area contributed by atoms with Crippen LogP contribution in [0.5, 0.6) is 0 Å². The standard InChI is InChI=1S/C30H53N6O6P/c1-10-22(11-2)17-40-27(37)29(6,7)34-43(39,35-30(8,9)28(38)41-18-23(12-3)13-4)20-42-21(5)16-36-19-33-25-24(31)14-15-32-26(25)36/h14-15,19,21-23H,10-13,16-18,20H2,1-9H3,(H2,31,32)(H2,34,35,39)/t21-/m1/s1. The van der Waals surface area contributed by atoms with Crippen LogP contribution in [0.2, 0.25) is 0 Å². The van der Waals surface area contributed by atoms with Gasteiger partial charge in [-0.25, -0.2) is 20.1 Å². The highest BCUT2D eigenvalue weighted by Crippen LogP contribution is 2.42. The highest BCUT2D eigenvalue weighted by atomic mass is 31.2. The summed E-state index contributed by atoms with van der Waals surface area (Å²) in [6.45, 7) is 17.3. The van der Waals surface area contributed by atoms with Gasteiger partial charge in [-0.1, -0.05) is 53.4 Å². The number of hydrogen-bond acceptors (Lipinski definition) is 9. The molecule has 43 heavy (non-hydrogen) atoms. The number of carbonyl (C=O) groups excluding carboxylic acids is 2. The number of aromatic nitrogens is 3. The molecule has 12 nitrogen and oxygen atoms in total. The molecule has 0 amide bonds. The van der Waals surface area contributed by atoms with Crippen molar-refractivity contribution in [1.29, 1.82) is 0 Å². The molecule has 244 valence electrons. The highest BCUT2D eigenvalue weighted by Gasteiger charge is 2.43.